The van der Waals surface area contributed by atoms with E-state index in [1.54, 1.807) is 6.92 Å². The van der Waals surface area contributed by atoms with Crippen molar-refractivity contribution in [2.75, 3.05) is 14.2 Å². The van der Waals surface area contributed by atoms with Gasteiger partial charge >= 0.3 is 11.4 Å². The fourth-order valence-electron chi connectivity index (χ4n) is 6.28. The second-order valence-corrected chi connectivity index (χ2v) is 11.4. The third kappa shape index (κ3) is 6.39. The van der Waals surface area contributed by atoms with Crippen molar-refractivity contribution in [3.8, 4) is 34.0 Å². The number of ether oxygens (including phenoxy) is 2. The monoisotopic (exact) mass is 602 g/mol. The first-order chi connectivity index (χ1) is 20.5. The highest BCUT2D eigenvalue weighted by Gasteiger charge is 2.32. The molecule has 2 aromatic heterocycles. The molecular weight excluding hydrogens is 560 g/mol. The molecule has 0 spiro atoms. The van der Waals surface area contributed by atoms with Crippen LogP contribution in [-0.4, -0.2) is 24.1 Å². The van der Waals surface area contributed by atoms with Crippen molar-refractivity contribution in [1.29, 1.82) is 0 Å². The van der Waals surface area contributed by atoms with Gasteiger partial charge in [-0.05, 0) is 90.3 Å². The average molecular weight is 603 g/mol. The average Bonchev–Trinajstić information content (AvgIpc) is 2.89. The third-order valence-electron chi connectivity index (χ3n) is 7.66. The van der Waals surface area contributed by atoms with Gasteiger partial charge in [0.05, 0.1) is 29.6 Å². The van der Waals surface area contributed by atoms with E-state index in [0.29, 0.717) is 22.6 Å². The summed E-state index contributed by atoms with van der Waals surface area (Å²) >= 11 is 0. The number of aromatic nitrogens is 2. The van der Waals surface area contributed by atoms with Crippen LogP contribution in [0.2, 0.25) is 0 Å². The van der Waals surface area contributed by atoms with Gasteiger partial charge in [0.25, 0.3) is 0 Å². The summed E-state index contributed by atoms with van der Waals surface area (Å²) in [4.78, 5) is 22.4. The molecule has 0 amide bonds. The van der Waals surface area contributed by atoms with Gasteiger partial charge in [0.15, 0.2) is 12.4 Å². The molecule has 0 aliphatic heterocycles. The number of nitro benzene ring substituents is 2. The standard InChI is InChI=1S/2C17H21N2O3/c1-10-7-12(3)15(18(5)9-10)14-11(2)8-13(4)17(22-6)16(14)19(20)21;1-10-7-12(3)15(18(5)9-10)14-11(2)8-13(4)16(19(20)21)17(14)22-6/h2*7-9H,1-6H3/q2*+1. The molecule has 0 radical (unpaired) electrons. The van der Waals surface area contributed by atoms with Crippen molar-refractivity contribution < 1.29 is 28.5 Å². The summed E-state index contributed by atoms with van der Waals surface area (Å²) < 4.78 is 14.7. The molecule has 2 aromatic carbocycles. The van der Waals surface area contributed by atoms with Crippen LogP contribution in [0.25, 0.3) is 22.5 Å². The zero-order valence-corrected chi connectivity index (χ0v) is 27.7. The summed E-state index contributed by atoms with van der Waals surface area (Å²) in [5.74, 6) is 0.649. The zero-order chi connectivity index (χ0) is 33.2. The highest BCUT2D eigenvalue weighted by atomic mass is 16.6. The van der Waals surface area contributed by atoms with Crippen LogP contribution < -0.4 is 18.6 Å². The van der Waals surface area contributed by atoms with Crippen LogP contribution in [0, 0.1) is 75.6 Å². The van der Waals surface area contributed by atoms with Crippen molar-refractivity contribution >= 4 is 11.4 Å². The van der Waals surface area contributed by atoms with Gasteiger partial charge in [-0.15, -0.1) is 0 Å². The molecule has 2 heterocycles. The van der Waals surface area contributed by atoms with E-state index in [1.807, 2.05) is 102 Å². The predicted molar refractivity (Wildman–Crippen MR) is 170 cm³/mol. The molecular formula is C34H42N4O6+2. The Kier molecular flexibility index (Phi) is 10.1. The molecule has 0 saturated heterocycles. The van der Waals surface area contributed by atoms with E-state index in [0.717, 1.165) is 55.9 Å². The molecule has 10 nitrogen and oxygen atoms in total. The largest absolute Gasteiger partial charge is 0.490 e. The molecule has 10 heteroatoms. The highest BCUT2D eigenvalue weighted by molar-refractivity contribution is 5.80. The summed E-state index contributed by atoms with van der Waals surface area (Å²) in [5.41, 5.74) is 10.7. The van der Waals surface area contributed by atoms with Gasteiger partial charge in [-0.2, -0.15) is 0 Å². The zero-order valence-electron chi connectivity index (χ0n) is 27.7. The summed E-state index contributed by atoms with van der Waals surface area (Å²) in [7, 11) is 6.80. The van der Waals surface area contributed by atoms with Gasteiger partial charge in [-0.3, -0.25) is 20.2 Å². The molecule has 0 bridgehead atoms. The number of nitrogens with zero attached hydrogens (tertiary/aromatic N) is 4. The molecule has 44 heavy (non-hydrogen) atoms. The van der Waals surface area contributed by atoms with E-state index in [2.05, 4.69) is 6.07 Å². The summed E-state index contributed by atoms with van der Waals surface area (Å²) in [6.45, 7) is 15.4. The highest BCUT2D eigenvalue weighted by Crippen LogP contribution is 2.43. The SMILES string of the molecule is COc1c(-c2c(C)cc(C)c[n+]2C)c(C)cc(C)c1[N+](=O)[O-].COc1c(C)cc(C)c(-c2c(C)cc(C)c[n+]2C)c1[N+](=O)[O-]. The van der Waals surface area contributed by atoms with E-state index < -0.39 is 0 Å². The first-order valence-corrected chi connectivity index (χ1v) is 14.1. The molecule has 0 unspecified atom stereocenters. The third-order valence-corrected chi connectivity index (χ3v) is 7.66. The van der Waals surface area contributed by atoms with Crippen LogP contribution in [0.4, 0.5) is 11.4 Å². The molecule has 0 fully saturated rings. The van der Waals surface area contributed by atoms with Crippen LogP contribution in [0.5, 0.6) is 11.5 Å². The molecule has 0 aliphatic carbocycles. The van der Waals surface area contributed by atoms with E-state index in [4.69, 9.17) is 9.47 Å². The van der Waals surface area contributed by atoms with Crippen molar-refractivity contribution in [2.24, 2.45) is 14.1 Å². The smallest absolute Gasteiger partial charge is 0.325 e. The number of pyridine rings is 2. The van der Waals surface area contributed by atoms with Gasteiger partial charge in [-0.1, -0.05) is 6.07 Å². The van der Waals surface area contributed by atoms with Crippen molar-refractivity contribution in [1.82, 2.24) is 0 Å². The minimum Gasteiger partial charge on any atom is -0.490 e. The maximum absolute atomic E-state index is 11.7. The first kappa shape index (κ1) is 33.6. The number of rotatable bonds is 6. The second-order valence-electron chi connectivity index (χ2n) is 11.4. The van der Waals surface area contributed by atoms with Crippen LogP contribution in [0.15, 0.2) is 36.7 Å². The lowest BCUT2D eigenvalue weighted by molar-refractivity contribution is -0.661. The van der Waals surface area contributed by atoms with Crippen molar-refractivity contribution in [2.45, 2.75) is 55.4 Å². The topological polar surface area (TPSA) is 112 Å². The molecule has 0 saturated carbocycles. The van der Waals surface area contributed by atoms with E-state index in [1.165, 1.54) is 14.2 Å². The van der Waals surface area contributed by atoms with E-state index in [9.17, 15) is 20.2 Å². The summed E-state index contributed by atoms with van der Waals surface area (Å²) in [6.07, 6.45) is 3.98. The minimum absolute atomic E-state index is 0.0301. The summed E-state index contributed by atoms with van der Waals surface area (Å²) in [6, 6.07) is 7.88. The molecule has 4 rings (SSSR count). The number of nitro groups is 2. The number of hydrogen-bond acceptors (Lipinski definition) is 6. The van der Waals surface area contributed by atoms with Crippen molar-refractivity contribution in [3.63, 3.8) is 0 Å². The Balaban J connectivity index is 0.000000240. The van der Waals surface area contributed by atoms with Crippen LogP contribution in [0.3, 0.4) is 0 Å². The molecule has 0 aliphatic rings. The summed E-state index contributed by atoms with van der Waals surface area (Å²) in [5, 5.41) is 23.1. The fourth-order valence-corrected chi connectivity index (χ4v) is 6.28. The Hall–Kier alpha value is -4.86. The quantitative estimate of drug-likeness (QED) is 0.139. The van der Waals surface area contributed by atoms with Gasteiger partial charge in [0, 0.05) is 27.8 Å². The number of benzene rings is 2. The fraction of sp³-hybridized carbons (Fsp3) is 0.353. The lowest BCUT2D eigenvalue weighted by atomic mass is 9.95. The number of methoxy groups -OCH3 is 2. The van der Waals surface area contributed by atoms with E-state index in [-0.39, 0.29) is 21.2 Å². The maximum Gasteiger partial charge on any atom is 0.325 e. The van der Waals surface area contributed by atoms with Gasteiger partial charge in [0.2, 0.25) is 22.9 Å². The second kappa shape index (κ2) is 13.2. The van der Waals surface area contributed by atoms with Gasteiger partial charge in [0.1, 0.15) is 19.7 Å². The molecule has 0 N–H and O–H groups in total. The Morgan fingerprint density at radius 1 is 0.545 bits per heavy atom. The lowest BCUT2D eigenvalue weighted by Gasteiger charge is -2.14. The normalized spacial score (nSPS) is 10.6. The first-order valence-electron chi connectivity index (χ1n) is 14.1. The number of aryl methyl sites for hydroxylation is 10. The van der Waals surface area contributed by atoms with Crippen LogP contribution in [0.1, 0.15) is 44.5 Å². The van der Waals surface area contributed by atoms with Gasteiger partial charge in [-0.25, -0.2) is 9.13 Å². The Morgan fingerprint density at radius 2 is 0.955 bits per heavy atom. The Bertz CT molecular complexity index is 1750. The van der Waals surface area contributed by atoms with Crippen LogP contribution in [-0.2, 0) is 14.1 Å². The maximum atomic E-state index is 11.7. The lowest BCUT2D eigenvalue weighted by Crippen LogP contribution is -2.32. The van der Waals surface area contributed by atoms with Crippen molar-refractivity contribution in [3.05, 3.63) is 101 Å². The molecule has 0 atom stereocenters. The molecule has 4 aromatic rings. The predicted octanol–water partition coefficient (Wildman–Crippen LogP) is 6.66. The van der Waals surface area contributed by atoms with Gasteiger partial charge < -0.3 is 9.47 Å². The Morgan fingerprint density at radius 3 is 1.36 bits per heavy atom. The van der Waals surface area contributed by atoms with E-state index >= 15 is 0 Å². The Labute approximate surface area is 258 Å². The number of hydrogen-bond donors (Lipinski definition) is 0. The molecule has 232 valence electrons. The van der Waals surface area contributed by atoms with Crippen LogP contribution >= 0.6 is 0 Å². The minimum atomic E-state index is -0.374.